The van der Waals surface area contributed by atoms with E-state index in [2.05, 4.69) is 10.1 Å². The highest BCUT2D eigenvalue weighted by atomic mass is 19.1. The van der Waals surface area contributed by atoms with Gasteiger partial charge in [0.25, 0.3) is 0 Å². The van der Waals surface area contributed by atoms with Crippen LogP contribution in [0, 0.1) is 18.6 Å². The molecule has 0 radical (unpaired) electrons. The third-order valence-corrected chi connectivity index (χ3v) is 5.55. The van der Waals surface area contributed by atoms with Crippen LogP contribution in [-0.4, -0.2) is 32.8 Å². The number of piperidine rings is 1. The lowest BCUT2D eigenvalue weighted by atomic mass is 9.81. The summed E-state index contributed by atoms with van der Waals surface area (Å²) in [4.78, 5) is 2.37. The topological polar surface area (TPSA) is 49.5 Å². The monoisotopic (exact) mass is 348 g/mol. The number of nitrogens with zero attached hydrogens (tertiary/aromatic N) is 2. The fourth-order valence-corrected chi connectivity index (χ4v) is 4.51. The lowest BCUT2D eigenvalue weighted by Crippen LogP contribution is -2.51. The Bertz CT molecular complexity index is 763. The Balaban J connectivity index is 1.48. The van der Waals surface area contributed by atoms with Crippen molar-refractivity contribution in [1.82, 2.24) is 10.1 Å². The number of rotatable bonds is 4. The zero-order valence-corrected chi connectivity index (χ0v) is 14.2. The van der Waals surface area contributed by atoms with Crippen LogP contribution < -0.4 is 0 Å². The van der Waals surface area contributed by atoms with Crippen molar-refractivity contribution >= 4 is 0 Å². The fourth-order valence-electron chi connectivity index (χ4n) is 4.51. The summed E-state index contributed by atoms with van der Waals surface area (Å²) >= 11 is 0. The molecule has 4 nitrogen and oxygen atoms in total. The standard InChI is InChI=1S/C19H22F2N2O2/c1-12-6-17(25-22-12)11-23-15-4-5-16(23)10-19(24,9-15)8-13-2-3-14(20)7-18(13)21/h2-3,6-7,15-16,24H,4-5,8-11H2,1H3/t15-,16-/m0/s1. The molecule has 2 aliphatic heterocycles. The van der Waals surface area contributed by atoms with Gasteiger partial charge in [0.1, 0.15) is 11.6 Å². The van der Waals surface area contributed by atoms with Crippen molar-refractivity contribution in [2.24, 2.45) is 0 Å². The second kappa shape index (κ2) is 6.18. The molecule has 0 spiro atoms. The SMILES string of the molecule is Cc1cc(CN2[C@H]3CC[C@H]2CC(O)(Cc2ccc(F)cc2F)C3)on1. The summed E-state index contributed by atoms with van der Waals surface area (Å²) < 4.78 is 32.4. The van der Waals surface area contributed by atoms with Crippen LogP contribution in [0.3, 0.4) is 0 Å². The van der Waals surface area contributed by atoms with E-state index in [0.717, 1.165) is 30.4 Å². The maximum atomic E-state index is 14.0. The van der Waals surface area contributed by atoms with Crippen molar-refractivity contribution in [3.63, 3.8) is 0 Å². The Morgan fingerprint density at radius 3 is 2.56 bits per heavy atom. The summed E-state index contributed by atoms with van der Waals surface area (Å²) in [5, 5.41) is 15.0. The molecule has 2 atom stereocenters. The first kappa shape index (κ1) is 16.7. The molecule has 0 amide bonds. The normalized spacial score (nSPS) is 29.3. The molecule has 1 aromatic heterocycles. The molecule has 0 unspecified atom stereocenters. The third kappa shape index (κ3) is 3.33. The van der Waals surface area contributed by atoms with Gasteiger partial charge in [0.05, 0.1) is 17.8 Å². The molecule has 25 heavy (non-hydrogen) atoms. The molecule has 2 aliphatic rings. The van der Waals surface area contributed by atoms with Gasteiger partial charge in [0.15, 0.2) is 5.76 Å². The van der Waals surface area contributed by atoms with Crippen LogP contribution in [0.1, 0.15) is 42.7 Å². The molecular weight excluding hydrogens is 326 g/mol. The highest BCUT2D eigenvalue weighted by Crippen LogP contribution is 2.43. The van der Waals surface area contributed by atoms with Crippen LogP contribution in [-0.2, 0) is 13.0 Å². The van der Waals surface area contributed by atoms with Gasteiger partial charge in [-0.1, -0.05) is 11.2 Å². The second-order valence-electron chi connectivity index (χ2n) is 7.54. The number of halogens is 2. The predicted octanol–water partition coefficient (Wildman–Crippen LogP) is 3.36. The zero-order chi connectivity index (χ0) is 17.6. The first-order chi connectivity index (χ1) is 11.9. The van der Waals surface area contributed by atoms with E-state index in [1.54, 1.807) is 0 Å². The van der Waals surface area contributed by atoms with Crippen molar-refractivity contribution in [3.05, 3.63) is 52.9 Å². The Labute approximate surface area is 145 Å². The molecule has 2 bridgehead atoms. The van der Waals surface area contributed by atoms with Gasteiger partial charge < -0.3 is 9.63 Å². The minimum atomic E-state index is -0.946. The molecule has 2 saturated heterocycles. The number of fused-ring (bicyclic) bond motifs is 2. The summed E-state index contributed by atoms with van der Waals surface area (Å²) in [5.74, 6) is -0.338. The first-order valence-electron chi connectivity index (χ1n) is 8.76. The number of hydrogen-bond donors (Lipinski definition) is 1. The molecule has 1 aromatic carbocycles. The van der Waals surface area contributed by atoms with E-state index < -0.39 is 17.2 Å². The van der Waals surface area contributed by atoms with Gasteiger partial charge >= 0.3 is 0 Å². The quantitative estimate of drug-likeness (QED) is 0.920. The molecule has 2 aromatic rings. The van der Waals surface area contributed by atoms with Gasteiger partial charge in [0, 0.05) is 30.6 Å². The lowest BCUT2D eigenvalue weighted by molar-refractivity contribution is -0.0562. The lowest BCUT2D eigenvalue weighted by Gasteiger charge is -2.43. The molecule has 1 N–H and O–H groups in total. The molecule has 3 heterocycles. The number of aliphatic hydroxyl groups is 1. The maximum absolute atomic E-state index is 14.0. The van der Waals surface area contributed by atoms with E-state index in [9.17, 15) is 13.9 Å². The summed E-state index contributed by atoms with van der Waals surface area (Å²) in [7, 11) is 0. The molecule has 0 saturated carbocycles. The summed E-state index contributed by atoms with van der Waals surface area (Å²) in [6.45, 7) is 2.59. The summed E-state index contributed by atoms with van der Waals surface area (Å²) in [6.07, 6.45) is 3.44. The van der Waals surface area contributed by atoms with Crippen molar-refractivity contribution in [3.8, 4) is 0 Å². The van der Waals surface area contributed by atoms with Crippen LogP contribution >= 0.6 is 0 Å². The van der Waals surface area contributed by atoms with Crippen molar-refractivity contribution in [2.45, 2.75) is 63.3 Å². The van der Waals surface area contributed by atoms with E-state index in [1.165, 1.54) is 12.1 Å². The van der Waals surface area contributed by atoms with Crippen LogP contribution in [0.4, 0.5) is 8.78 Å². The van der Waals surface area contributed by atoms with Crippen LogP contribution in [0.5, 0.6) is 0 Å². The molecule has 2 fully saturated rings. The van der Waals surface area contributed by atoms with E-state index >= 15 is 0 Å². The fraction of sp³-hybridized carbons (Fsp3) is 0.526. The number of aryl methyl sites for hydroxylation is 1. The van der Waals surface area contributed by atoms with Crippen molar-refractivity contribution < 1.29 is 18.4 Å². The average molecular weight is 348 g/mol. The largest absolute Gasteiger partial charge is 0.389 e. The van der Waals surface area contributed by atoms with Gasteiger partial charge in [-0.25, -0.2) is 8.78 Å². The van der Waals surface area contributed by atoms with E-state index in [-0.39, 0.29) is 18.5 Å². The number of hydrogen-bond acceptors (Lipinski definition) is 4. The summed E-state index contributed by atoms with van der Waals surface area (Å²) in [5.41, 5.74) is 0.295. The Kier molecular flexibility index (Phi) is 4.12. The van der Waals surface area contributed by atoms with E-state index in [0.29, 0.717) is 24.9 Å². The van der Waals surface area contributed by atoms with Gasteiger partial charge in [-0.15, -0.1) is 0 Å². The van der Waals surface area contributed by atoms with Crippen LogP contribution in [0.2, 0.25) is 0 Å². The molecular formula is C19H22F2N2O2. The third-order valence-electron chi connectivity index (χ3n) is 5.55. The van der Waals surface area contributed by atoms with E-state index in [1.807, 2.05) is 13.0 Å². The van der Waals surface area contributed by atoms with Crippen LogP contribution in [0.25, 0.3) is 0 Å². The molecule has 134 valence electrons. The van der Waals surface area contributed by atoms with Gasteiger partial charge in [-0.3, -0.25) is 4.90 Å². The van der Waals surface area contributed by atoms with Gasteiger partial charge in [-0.05, 0) is 44.2 Å². The first-order valence-corrected chi connectivity index (χ1v) is 8.76. The number of benzene rings is 1. The molecule has 4 rings (SSSR count). The Hall–Kier alpha value is -1.79. The van der Waals surface area contributed by atoms with Crippen molar-refractivity contribution in [1.29, 1.82) is 0 Å². The predicted molar refractivity (Wildman–Crippen MR) is 87.8 cm³/mol. The van der Waals surface area contributed by atoms with E-state index in [4.69, 9.17) is 4.52 Å². The van der Waals surface area contributed by atoms with Gasteiger partial charge in [0.2, 0.25) is 0 Å². The van der Waals surface area contributed by atoms with Crippen LogP contribution in [0.15, 0.2) is 28.8 Å². The Morgan fingerprint density at radius 1 is 1.24 bits per heavy atom. The highest BCUT2D eigenvalue weighted by Gasteiger charge is 2.47. The Morgan fingerprint density at radius 2 is 1.96 bits per heavy atom. The minimum absolute atomic E-state index is 0.224. The highest BCUT2D eigenvalue weighted by molar-refractivity contribution is 5.22. The van der Waals surface area contributed by atoms with Gasteiger partial charge in [-0.2, -0.15) is 0 Å². The molecule has 6 heteroatoms. The minimum Gasteiger partial charge on any atom is -0.389 e. The maximum Gasteiger partial charge on any atom is 0.150 e. The smallest absolute Gasteiger partial charge is 0.150 e. The van der Waals surface area contributed by atoms with Crippen molar-refractivity contribution in [2.75, 3.05) is 0 Å². The second-order valence-corrected chi connectivity index (χ2v) is 7.54. The zero-order valence-electron chi connectivity index (χ0n) is 14.2. The average Bonchev–Trinajstić information content (AvgIpc) is 3.05. The number of aromatic nitrogens is 1. The molecule has 0 aliphatic carbocycles. The summed E-state index contributed by atoms with van der Waals surface area (Å²) in [6, 6.07) is 6.00.